The molecule has 5 heteroatoms. The van der Waals surface area contributed by atoms with Crippen molar-refractivity contribution in [3.05, 3.63) is 29.3 Å². The van der Waals surface area contributed by atoms with Crippen molar-refractivity contribution in [2.75, 3.05) is 20.3 Å². The topological polar surface area (TPSA) is 48.4 Å². The lowest BCUT2D eigenvalue weighted by Crippen LogP contribution is -2.30. The molecule has 1 aliphatic heterocycles. The van der Waals surface area contributed by atoms with Crippen LogP contribution in [0.3, 0.4) is 0 Å². The second-order valence-corrected chi connectivity index (χ2v) is 3.76. The fourth-order valence-electron chi connectivity index (χ4n) is 1.63. The summed E-state index contributed by atoms with van der Waals surface area (Å²) in [4.78, 5) is 15.2. The van der Waals surface area contributed by atoms with Crippen LogP contribution in [0.2, 0.25) is 0 Å². The first kappa shape index (κ1) is 11.0. The van der Waals surface area contributed by atoms with Gasteiger partial charge in [0.15, 0.2) is 5.69 Å². The van der Waals surface area contributed by atoms with E-state index in [2.05, 4.69) is 9.72 Å². The number of halogens is 1. The quantitative estimate of drug-likeness (QED) is 0.725. The van der Waals surface area contributed by atoms with Crippen LogP contribution in [0.15, 0.2) is 12.3 Å². The molecule has 0 unspecified atom stereocenters. The SMILES string of the molecule is COC(=O)c1ncc(F)cc1CC1COC1. The largest absolute Gasteiger partial charge is 0.464 e. The normalized spacial score (nSPS) is 15.6. The van der Waals surface area contributed by atoms with Crippen LogP contribution < -0.4 is 0 Å². The molecule has 1 saturated heterocycles. The molecule has 2 heterocycles. The fraction of sp³-hybridized carbons (Fsp3) is 0.455. The first-order valence-corrected chi connectivity index (χ1v) is 5.01. The number of methoxy groups -OCH3 is 1. The van der Waals surface area contributed by atoms with Crippen LogP contribution in [0, 0.1) is 11.7 Å². The number of hydrogen-bond donors (Lipinski definition) is 0. The molecule has 0 amide bonds. The van der Waals surface area contributed by atoms with E-state index in [1.165, 1.54) is 13.2 Å². The van der Waals surface area contributed by atoms with Crippen molar-refractivity contribution in [3.8, 4) is 0 Å². The minimum absolute atomic E-state index is 0.191. The van der Waals surface area contributed by atoms with E-state index in [1.807, 2.05) is 0 Å². The van der Waals surface area contributed by atoms with Gasteiger partial charge in [-0.2, -0.15) is 0 Å². The van der Waals surface area contributed by atoms with Crippen molar-refractivity contribution in [3.63, 3.8) is 0 Å². The number of nitrogens with zero attached hydrogens (tertiary/aromatic N) is 1. The number of rotatable bonds is 3. The van der Waals surface area contributed by atoms with Crippen LogP contribution in [-0.2, 0) is 15.9 Å². The molecular weight excluding hydrogens is 213 g/mol. The third-order valence-electron chi connectivity index (χ3n) is 2.53. The molecule has 0 spiro atoms. The van der Waals surface area contributed by atoms with Gasteiger partial charge in [-0.1, -0.05) is 0 Å². The summed E-state index contributed by atoms with van der Waals surface area (Å²) >= 11 is 0. The summed E-state index contributed by atoms with van der Waals surface area (Å²) in [5, 5.41) is 0. The van der Waals surface area contributed by atoms with Crippen molar-refractivity contribution < 1.29 is 18.7 Å². The summed E-state index contributed by atoms with van der Waals surface area (Å²) in [5.41, 5.74) is 0.774. The first-order valence-electron chi connectivity index (χ1n) is 5.01. The summed E-state index contributed by atoms with van der Waals surface area (Å²) in [6.07, 6.45) is 1.61. The molecular formula is C11H12FNO3. The van der Waals surface area contributed by atoms with Crippen molar-refractivity contribution in [1.82, 2.24) is 4.98 Å². The lowest BCUT2D eigenvalue weighted by atomic mass is 9.97. The molecule has 0 N–H and O–H groups in total. The Morgan fingerprint density at radius 2 is 2.44 bits per heavy atom. The van der Waals surface area contributed by atoms with Crippen LogP contribution in [-0.4, -0.2) is 31.3 Å². The Morgan fingerprint density at radius 1 is 1.69 bits per heavy atom. The van der Waals surface area contributed by atoms with Crippen molar-refractivity contribution >= 4 is 5.97 Å². The Hall–Kier alpha value is -1.49. The van der Waals surface area contributed by atoms with E-state index in [1.54, 1.807) is 0 Å². The van der Waals surface area contributed by atoms with Crippen LogP contribution in [0.4, 0.5) is 4.39 Å². The zero-order valence-corrected chi connectivity index (χ0v) is 8.90. The van der Waals surface area contributed by atoms with E-state index in [9.17, 15) is 9.18 Å². The van der Waals surface area contributed by atoms with Crippen LogP contribution in [0.1, 0.15) is 16.1 Å². The van der Waals surface area contributed by atoms with Gasteiger partial charge >= 0.3 is 5.97 Å². The van der Waals surface area contributed by atoms with Crippen molar-refractivity contribution in [1.29, 1.82) is 0 Å². The zero-order valence-electron chi connectivity index (χ0n) is 8.90. The fourth-order valence-corrected chi connectivity index (χ4v) is 1.63. The summed E-state index contributed by atoms with van der Waals surface area (Å²) in [7, 11) is 1.28. The van der Waals surface area contributed by atoms with E-state index < -0.39 is 11.8 Å². The second kappa shape index (κ2) is 4.57. The molecule has 0 radical (unpaired) electrons. The average molecular weight is 225 g/mol. The van der Waals surface area contributed by atoms with Gasteiger partial charge in [0.2, 0.25) is 0 Å². The molecule has 1 aromatic rings. The molecule has 1 fully saturated rings. The second-order valence-electron chi connectivity index (χ2n) is 3.76. The van der Waals surface area contributed by atoms with Gasteiger partial charge in [0.1, 0.15) is 5.82 Å². The van der Waals surface area contributed by atoms with Gasteiger partial charge in [0.05, 0.1) is 26.5 Å². The molecule has 2 rings (SSSR count). The highest BCUT2D eigenvalue weighted by atomic mass is 19.1. The Balaban J connectivity index is 2.24. The lowest BCUT2D eigenvalue weighted by molar-refractivity contribution is -0.0314. The van der Waals surface area contributed by atoms with Crippen LogP contribution >= 0.6 is 0 Å². The monoisotopic (exact) mass is 225 g/mol. The molecule has 0 saturated carbocycles. The number of carbonyl (C=O) groups is 1. The van der Waals surface area contributed by atoms with Gasteiger partial charge in [-0.3, -0.25) is 0 Å². The number of carbonyl (C=O) groups excluding carboxylic acids is 1. The molecule has 86 valence electrons. The smallest absolute Gasteiger partial charge is 0.356 e. The minimum atomic E-state index is -0.532. The van der Waals surface area contributed by atoms with E-state index in [0.717, 1.165) is 6.20 Å². The minimum Gasteiger partial charge on any atom is -0.464 e. The number of aromatic nitrogens is 1. The number of esters is 1. The summed E-state index contributed by atoms with van der Waals surface area (Å²) in [5.74, 6) is -0.634. The van der Waals surface area contributed by atoms with E-state index >= 15 is 0 Å². The maximum absolute atomic E-state index is 13.0. The predicted molar refractivity (Wildman–Crippen MR) is 53.5 cm³/mol. The molecule has 1 aromatic heterocycles. The summed E-state index contributed by atoms with van der Waals surface area (Å²) in [6, 6.07) is 1.33. The van der Waals surface area contributed by atoms with Gasteiger partial charge in [0.25, 0.3) is 0 Å². The highest BCUT2D eigenvalue weighted by Gasteiger charge is 2.23. The Bertz CT molecular complexity index is 404. The van der Waals surface area contributed by atoms with E-state index in [4.69, 9.17) is 4.74 Å². The Morgan fingerprint density at radius 3 is 3.00 bits per heavy atom. The molecule has 4 nitrogen and oxygen atoms in total. The Labute approximate surface area is 92.4 Å². The van der Waals surface area contributed by atoms with Crippen molar-refractivity contribution in [2.45, 2.75) is 6.42 Å². The highest BCUT2D eigenvalue weighted by Crippen LogP contribution is 2.19. The molecule has 0 bridgehead atoms. The van der Waals surface area contributed by atoms with E-state index in [0.29, 0.717) is 31.1 Å². The zero-order chi connectivity index (χ0) is 11.5. The lowest BCUT2D eigenvalue weighted by Gasteiger charge is -2.26. The van der Waals surface area contributed by atoms with Gasteiger partial charge < -0.3 is 9.47 Å². The van der Waals surface area contributed by atoms with Crippen LogP contribution in [0.25, 0.3) is 0 Å². The molecule has 0 aliphatic carbocycles. The van der Waals surface area contributed by atoms with Crippen LogP contribution in [0.5, 0.6) is 0 Å². The molecule has 1 aliphatic rings. The number of pyridine rings is 1. The van der Waals surface area contributed by atoms with Gasteiger partial charge in [-0.15, -0.1) is 0 Å². The van der Waals surface area contributed by atoms with Gasteiger partial charge in [-0.05, 0) is 18.1 Å². The summed E-state index contributed by atoms with van der Waals surface area (Å²) < 4.78 is 22.7. The summed E-state index contributed by atoms with van der Waals surface area (Å²) in [6.45, 7) is 1.30. The maximum atomic E-state index is 13.0. The maximum Gasteiger partial charge on any atom is 0.356 e. The van der Waals surface area contributed by atoms with Gasteiger partial charge in [-0.25, -0.2) is 14.2 Å². The standard InChI is InChI=1S/C11H12FNO3/c1-15-11(14)10-8(2-7-5-16-6-7)3-9(12)4-13-10/h3-4,7H,2,5-6H2,1H3. The average Bonchev–Trinajstić information content (AvgIpc) is 2.22. The Kier molecular flexibility index (Phi) is 3.14. The first-order chi connectivity index (χ1) is 7.70. The third kappa shape index (κ3) is 2.19. The number of hydrogen-bond acceptors (Lipinski definition) is 4. The third-order valence-corrected chi connectivity index (χ3v) is 2.53. The molecule has 16 heavy (non-hydrogen) atoms. The van der Waals surface area contributed by atoms with E-state index in [-0.39, 0.29) is 5.69 Å². The number of ether oxygens (including phenoxy) is 2. The molecule has 0 aromatic carbocycles. The highest BCUT2D eigenvalue weighted by molar-refractivity contribution is 5.88. The molecule has 0 atom stereocenters. The van der Waals surface area contributed by atoms with Crippen molar-refractivity contribution in [2.24, 2.45) is 5.92 Å². The van der Waals surface area contributed by atoms with Gasteiger partial charge in [0, 0.05) is 5.92 Å². The predicted octanol–water partition coefficient (Wildman–Crippen LogP) is 1.20.